The van der Waals surface area contributed by atoms with E-state index in [-0.39, 0.29) is 11.9 Å². The van der Waals surface area contributed by atoms with Gasteiger partial charge in [-0.05, 0) is 35.0 Å². The first-order valence-corrected chi connectivity index (χ1v) is 9.51. The third-order valence-corrected chi connectivity index (χ3v) is 5.33. The number of rotatable bonds is 6. The highest BCUT2D eigenvalue weighted by atomic mass is 16.6. The lowest BCUT2D eigenvalue weighted by Gasteiger charge is -2.33. The Morgan fingerprint density at radius 2 is 2.00 bits per heavy atom. The van der Waals surface area contributed by atoms with Gasteiger partial charge in [0, 0.05) is 37.3 Å². The minimum absolute atomic E-state index is 0.00510. The van der Waals surface area contributed by atoms with E-state index in [0.29, 0.717) is 24.6 Å². The third-order valence-electron chi connectivity index (χ3n) is 5.33. The summed E-state index contributed by atoms with van der Waals surface area (Å²) in [6.45, 7) is 4.18. The molecule has 156 valence electrons. The summed E-state index contributed by atoms with van der Waals surface area (Å²) in [7, 11) is 3.27. The minimum Gasteiger partial charge on any atom is -0.497 e. The van der Waals surface area contributed by atoms with Crippen LogP contribution in [-0.4, -0.2) is 50.3 Å². The molecule has 10 heteroatoms. The fourth-order valence-electron chi connectivity index (χ4n) is 3.69. The normalized spacial score (nSPS) is 16.2. The third kappa shape index (κ3) is 3.57. The number of fused-ring (bicyclic) bond motifs is 1. The fourth-order valence-corrected chi connectivity index (χ4v) is 3.69. The summed E-state index contributed by atoms with van der Waals surface area (Å²) in [6.07, 6.45) is 0. The number of aromatic nitrogens is 4. The molecule has 0 unspecified atom stereocenters. The van der Waals surface area contributed by atoms with Gasteiger partial charge in [-0.2, -0.15) is 0 Å². The average molecular weight is 410 g/mol. The second kappa shape index (κ2) is 8.07. The van der Waals surface area contributed by atoms with Crippen LogP contribution in [0.2, 0.25) is 0 Å². The van der Waals surface area contributed by atoms with Crippen LogP contribution in [0.15, 0.2) is 36.4 Å². The number of hydrogen-bond acceptors (Lipinski definition) is 8. The molecule has 0 spiro atoms. The molecule has 0 fully saturated rings. The molecule has 4 rings (SSSR count). The van der Waals surface area contributed by atoms with Gasteiger partial charge in [0.2, 0.25) is 11.5 Å². The van der Waals surface area contributed by atoms with E-state index in [1.54, 1.807) is 26.4 Å². The molecule has 0 N–H and O–H groups in total. The van der Waals surface area contributed by atoms with Crippen LogP contribution in [0.3, 0.4) is 0 Å². The standard InChI is InChI=1S/C20H22N6O4/c1-13-19-22-23-20(16-5-4-6-18(21-16)26(27)28)25(19)10-9-24(13)12-14-7-8-15(29-2)11-17(14)30-3/h4-8,11,13H,9-10,12H2,1-3H3/t13-/m0/s1. The Bertz CT molecular complexity index is 1080. The molecule has 1 aromatic carbocycles. The van der Waals surface area contributed by atoms with E-state index in [4.69, 9.17) is 9.47 Å². The molecule has 0 saturated heterocycles. The maximum Gasteiger partial charge on any atom is 0.364 e. The first-order chi connectivity index (χ1) is 14.5. The van der Waals surface area contributed by atoms with Gasteiger partial charge in [0.25, 0.3) is 0 Å². The molecule has 3 heterocycles. The van der Waals surface area contributed by atoms with Gasteiger partial charge in [-0.15, -0.1) is 10.2 Å². The van der Waals surface area contributed by atoms with E-state index >= 15 is 0 Å². The van der Waals surface area contributed by atoms with E-state index in [2.05, 4.69) is 27.0 Å². The molecular formula is C20H22N6O4. The Morgan fingerprint density at radius 3 is 2.73 bits per heavy atom. The first kappa shape index (κ1) is 19.8. The van der Waals surface area contributed by atoms with Crippen molar-refractivity contribution in [1.29, 1.82) is 0 Å². The lowest BCUT2D eigenvalue weighted by Crippen LogP contribution is -2.36. The number of methoxy groups -OCH3 is 2. The molecule has 1 aliphatic heterocycles. The summed E-state index contributed by atoms with van der Waals surface area (Å²) in [6, 6.07) is 10.5. The maximum absolute atomic E-state index is 11.0. The Balaban J connectivity index is 1.59. The van der Waals surface area contributed by atoms with Gasteiger partial charge < -0.3 is 24.2 Å². The topological polar surface area (TPSA) is 108 Å². The van der Waals surface area contributed by atoms with E-state index in [1.807, 2.05) is 22.8 Å². The Hall–Kier alpha value is -3.53. The van der Waals surface area contributed by atoms with E-state index in [9.17, 15) is 10.1 Å². The quantitative estimate of drug-likeness (QED) is 0.451. The van der Waals surface area contributed by atoms with Gasteiger partial charge in [0.05, 0.1) is 20.3 Å². The molecule has 30 heavy (non-hydrogen) atoms. The Labute approximate surface area is 173 Å². The van der Waals surface area contributed by atoms with Crippen LogP contribution in [0.5, 0.6) is 11.5 Å². The van der Waals surface area contributed by atoms with Crippen LogP contribution >= 0.6 is 0 Å². The van der Waals surface area contributed by atoms with Crippen molar-refractivity contribution < 1.29 is 14.4 Å². The number of benzene rings is 1. The van der Waals surface area contributed by atoms with Crippen molar-refractivity contribution in [3.05, 3.63) is 57.9 Å². The van der Waals surface area contributed by atoms with E-state index in [1.165, 1.54) is 6.07 Å². The van der Waals surface area contributed by atoms with Gasteiger partial charge in [0.15, 0.2) is 5.82 Å². The molecular weight excluding hydrogens is 388 g/mol. The highest BCUT2D eigenvalue weighted by molar-refractivity contribution is 5.52. The summed E-state index contributed by atoms with van der Waals surface area (Å²) in [5.74, 6) is 2.66. The molecule has 0 saturated carbocycles. The first-order valence-electron chi connectivity index (χ1n) is 9.51. The van der Waals surface area contributed by atoms with Crippen molar-refractivity contribution in [2.75, 3.05) is 20.8 Å². The molecule has 10 nitrogen and oxygen atoms in total. The number of nitrogens with zero attached hydrogens (tertiary/aromatic N) is 6. The minimum atomic E-state index is -0.510. The lowest BCUT2D eigenvalue weighted by molar-refractivity contribution is -0.389. The second-order valence-corrected chi connectivity index (χ2v) is 7.00. The molecule has 2 aromatic heterocycles. The summed E-state index contributed by atoms with van der Waals surface area (Å²) < 4.78 is 12.8. The van der Waals surface area contributed by atoms with Gasteiger partial charge >= 0.3 is 5.82 Å². The summed E-state index contributed by atoms with van der Waals surface area (Å²) >= 11 is 0. The van der Waals surface area contributed by atoms with E-state index < -0.39 is 4.92 Å². The summed E-state index contributed by atoms with van der Waals surface area (Å²) in [5.41, 5.74) is 1.50. The van der Waals surface area contributed by atoms with Crippen molar-refractivity contribution in [2.45, 2.75) is 26.1 Å². The van der Waals surface area contributed by atoms with Crippen molar-refractivity contribution in [3.63, 3.8) is 0 Å². The van der Waals surface area contributed by atoms with Crippen LogP contribution in [-0.2, 0) is 13.1 Å². The lowest BCUT2D eigenvalue weighted by atomic mass is 10.1. The second-order valence-electron chi connectivity index (χ2n) is 7.00. The number of nitro groups is 1. The molecule has 0 amide bonds. The molecule has 1 aliphatic rings. The summed E-state index contributed by atoms with van der Waals surface area (Å²) in [4.78, 5) is 16.9. The fraction of sp³-hybridized carbons (Fsp3) is 0.350. The molecule has 0 aliphatic carbocycles. The zero-order valence-electron chi connectivity index (χ0n) is 17.0. The van der Waals surface area contributed by atoms with Crippen LogP contribution in [0.1, 0.15) is 24.4 Å². The Morgan fingerprint density at radius 1 is 1.17 bits per heavy atom. The number of hydrogen-bond donors (Lipinski definition) is 0. The van der Waals surface area contributed by atoms with Crippen molar-refractivity contribution in [1.82, 2.24) is 24.6 Å². The highest BCUT2D eigenvalue weighted by Crippen LogP contribution is 2.32. The molecule has 0 radical (unpaired) electrons. The van der Waals surface area contributed by atoms with Crippen LogP contribution in [0.4, 0.5) is 5.82 Å². The van der Waals surface area contributed by atoms with Gasteiger partial charge in [-0.25, -0.2) is 0 Å². The van der Waals surface area contributed by atoms with Crippen molar-refractivity contribution >= 4 is 5.82 Å². The largest absolute Gasteiger partial charge is 0.497 e. The molecule has 3 aromatic rings. The number of pyridine rings is 1. The predicted octanol–water partition coefficient (Wildman–Crippen LogP) is 2.84. The maximum atomic E-state index is 11.0. The zero-order valence-corrected chi connectivity index (χ0v) is 17.0. The van der Waals surface area contributed by atoms with Crippen LogP contribution in [0, 0.1) is 10.1 Å². The average Bonchev–Trinajstić information content (AvgIpc) is 3.21. The van der Waals surface area contributed by atoms with Gasteiger partial charge in [0.1, 0.15) is 11.5 Å². The monoisotopic (exact) mass is 410 g/mol. The zero-order chi connectivity index (χ0) is 21.3. The SMILES string of the molecule is COc1ccc(CN2CCn3c(-c4cccc([N+](=O)[O-])n4)nnc3[C@@H]2C)c(OC)c1. The molecule has 1 atom stereocenters. The Kier molecular flexibility index (Phi) is 5.32. The van der Waals surface area contributed by atoms with Crippen LogP contribution in [0.25, 0.3) is 11.5 Å². The predicted molar refractivity (Wildman–Crippen MR) is 108 cm³/mol. The van der Waals surface area contributed by atoms with Gasteiger partial charge in [-0.3, -0.25) is 4.90 Å². The van der Waals surface area contributed by atoms with Gasteiger partial charge in [-0.1, -0.05) is 6.07 Å². The highest BCUT2D eigenvalue weighted by Gasteiger charge is 2.30. The van der Waals surface area contributed by atoms with Crippen molar-refractivity contribution in [2.24, 2.45) is 0 Å². The van der Waals surface area contributed by atoms with Crippen molar-refractivity contribution in [3.8, 4) is 23.0 Å². The smallest absolute Gasteiger partial charge is 0.364 e. The number of ether oxygens (including phenoxy) is 2. The molecule has 0 bridgehead atoms. The van der Waals surface area contributed by atoms with Crippen LogP contribution < -0.4 is 9.47 Å². The summed E-state index contributed by atoms with van der Waals surface area (Å²) in [5, 5.41) is 19.7. The van der Waals surface area contributed by atoms with E-state index in [0.717, 1.165) is 29.4 Å².